The molecule has 0 heterocycles. The predicted molar refractivity (Wildman–Crippen MR) is 75.5 cm³/mol. The predicted octanol–water partition coefficient (Wildman–Crippen LogP) is 2.37. The molecule has 0 amide bonds. The third-order valence-electron chi connectivity index (χ3n) is 3.15. The van der Waals surface area contributed by atoms with Gasteiger partial charge in [-0.15, -0.1) is 0 Å². The van der Waals surface area contributed by atoms with Gasteiger partial charge in [0.2, 0.25) is 0 Å². The lowest BCUT2D eigenvalue weighted by Crippen LogP contribution is -2.44. The molecule has 0 bridgehead atoms. The zero-order valence-corrected chi connectivity index (χ0v) is 13.1. The molecule has 0 rings (SSSR count). The van der Waals surface area contributed by atoms with Crippen LogP contribution in [-0.4, -0.2) is 50.3 Å². The van der Waals surface area contributed by atoms with E-state index in [0.717, 1.165) is 19.8 Å². The van der Waals surface area contributed by atoms with Crippen molar-refractivity contribution in [3.63, 3.8) is 0 Å². The van der Waals surface area contributed by atoms with Crippen molar-refractivity contribution in [2.75, 3.05) is 33.9 Å². The molecule has 0 fully saturated rings. The molecule has 0 atom stereocenters. The highest BCUT2D eigenvalue weighted by molar-refractivity contribution is 4.78. The van der Waals surface area contributed by atoms with Crippen LogP contribution < -0.4 is 5.32 Å². The molecule has 0 aromatic carbocycles. The molecule has 0 saturated carbocycles. The fourth-order valence-electron chi connectivity index (χ4n) is 1.24. The maximum absolute atomic E-state index is 5.88. The Kier molecular flexibility index (Phi) is 6.67. The van der Waals surface area contributed by atoms with Gasteiger partial charge in [0, 0.05) is 23.5 Å². The maximum Gasteiger partial charge on any atom is 0.0645 e. The molecular formula is C14H32N2O. The van der Waals surface area contributed by atoms with E-state index in [9.17, 15) is 0 Å². The first-order valence-electron chi connectivity index (χ1n) is 6.55. The lowest BCUT2D eigenvalue weighted by Gasteiger charge is -2.34. The van der Waals surface area contributed by atoms with Crippen molar-refractivity contribution in [1.29, 1.82) is 0 Å². The Hall–Kier alpha value is -0.120. The van der Waals surface area contributed by atoms with Crippen molar-refractivity contribution in [3.8, 4) is 0 Å². The third kappa shape index (κ3) is 7.74. The van der Waals surface area contributed by atoms with Crippen molar-refractivity contribution in [1.82, 2.24) is 10.2 Å². The molecule has 17 heavy (non-hydrogen) atoms. The smallest absolute Gasteiger partial charge is 0.0645 e. The van der Waals surface area contributed by atoms with Crippen LogP contribution in [0.25, 0.3) is 0 Å². The van der Waals surface area contributed by atoms with Crippen LogP contribution >= 0.6 is 0 Å². The summed E-state index contributed by atoms with van der Waals surface area (Å²) in [7, 11) is 4.18. The van der Waals surface area contributed by atoms with Crippen LogP contribution in [0.1, 0.15) is 41.5 Å². The van der Waals surface area contributed by atoms with Gasteiger partial charge in [0.15, 0.2) is 0 Å². The largest absolute Gasteiger partial charge is 0.379 e. The molecule has 0 aliphatic carbocycles. The molecule has 0 unspecified atom stereocenters. The van der Waals surface area contributed by atoms with Crippen LogP contribution in [0.3, 0.4) is 0 Å². The highest BCUT2D eigenvalue weighted by Crippen LogP contribution is 2.17. The summed E-state index contributed by atoms with van der Waals surface area (Å²) in [6.45, 7) is 15.8. The van der Waals surface area contributed by atoms with Crippen molar-refractivity contribution >= 4 is 0 Å². The van der Waals surface area contributed by atoms with Crippen molar-refractivity contribution in [3.05, 3.63) is 0 Å². The minimum atomic E-state index is 0.0988. The Labute approximate surface area is 108 Å². The van der Waals surface area contributed by atoms with Gasteiger partial charge in [-0.2, -0.15) is 0 Å². The van der Waals surface area contributed by atoms with E-state index < -0.39 is 0 Å². The lowest BCUT2D eigenvalue weighted by atomic mass is 9.94. The molecule has 0 radical (unpaired) electrons. The van der Waals surface area contributed by atoms with Gasteiger partial charge in [-0.3, -0.25) is 0 Å². The Bertz CT molecular complexity index is 210. The molecular weight excluding hydrogens is 212 g/mol. The topological polar surface area (TPSA) is 24.5 Å². The van der Waals surface area contributed by atoms with Crippen molar-refractivity contribution in [2.45, 2.75) is 53.1 Å². The fourth-order valence-corrected chi connectivity index (χ4v) is 1.24. The molecule has 0 saturated heterocycles. The zero-order valence-electron chi connectivity index (χ0n) is 13.1. The van der Waals surface area contributed by atoms with Gasteiger partial charge in [0.1, 0.15) is 0 Å². The van der Waals surface area contributed by atoms with Gasteiger partial charge in [-0.25, -0.2) is 0 Å². The number of likely N-dealkylation sites (N-methyl/N-ethyl adjacent to an activating group) is 1. The average Bonchev–Trinajstić information content (AvgIpc) is 2.14. The van der Waals surface area contributed by atoms with Crippen LogP contribution in [-0.2, 0) is 4.74 Å². The number of hydrogen-bond acceptors (Lipinski definition) is 3. The van der Waals surface area contributed by atoms with E-state index in [1.165, 1.54) is 0 Å². The van der Waals surface area contributed by atoms with E-state index in [0.29, 0.717) is 6.04 Å². The molecule has 0 aromatic heterocycles. The third-order valence-corrected chi connectivity index (χ3v) is 3.15. The van der Waals surface area contributed by atoms with Crippen LogP contribution in [0.5, 0.6) is 0 Å². The van der Waals surface area contributed by atoms with E-state index >= 15 is 0 Å². The second-order valence-corrected chi connectivity index (χ2v) is 6.90. The number of hydrogen-bond donors (Lipinski definition) is 1. The van der Waals surface area contributed by atoms with Crippen LogP contribution in [0.15, 0.2) is 0 Å². The summed E-state index contributed by atoms with van der Waals surface area (Å²) in [5.41, 5.74) is 0.286. The number of rotatable bonds is 8. The van der Waals surface area contributed by atoms with Gasteiger partial charge in [0.05, 0.1) is 13.2 Å². The maximum atomic E-state index is 5.88. The Morgan fingerprint density at radius 2 is 1.59 bits per heavy atom. The monoisotopic (exact) mass is 244 g/mol. The molecule has 3 heteroatoms. The van der Waals surface area contributed by atoms with Crippen molar-refractivity contribution in [2.24, 2.45) is 5.41 Å². The van der Waals surface area contributed by atoms with Gasteiger partial charge in [0.25, 0.3) is 0 Å². The van der Waals surface area contributed by atoms with E-state index in [-0.39, 0.29) is 11.0 Å². The second kappa shape index (κ2) is 6.72. The highest BCUT2D eigenvalue weighted by atomic mass is 16.5. The van der Waals surface area contributed by atoms with E-state index in [1.807, 2.05) is 0 Å². The zero-order chi connectivity index (χ0) is 13.7. The minimum absolute atomic E-state index is 0.0988. The first kappa shape index (κ1) is 16.9. The summed E-state index contributed by atoms with van der Waals surface area (Å²) in [6.07, 6.45) is 0. The number of nitrogens with zero attached hydrogens (tertiary/aromatic N) is 1. The van der Waals surface area contributed by atoms with E-state index in [1.54, 1.807) is 0 Å². The quantitative estimate of drug-likeness (QED) is 0.709. The summed E-state index contributed by atoms with van der Waals surface area (Å²) >= 11 is 0. The molecule has 0 aliphatic heterocycles. The number of nitrogens with one attached hydrogen (secondary N) is 1. The fraction of sp³-hybridized carbons (Fsp3) is 1.00. The average molecular weight is 244 g/mol. The summed E-state index contributed by atoms with van der Waals surface area (Å²) in [5.74, 6) is 0. The molecule has 1 N–H and O–H groups in total. The molecule has 0 aliphatic rings. The Balaban J connectivity index is 3.94. The van der Waals surface area contributed by atoms with E-state index in [2.05, 4.69) is 65.9 Å². The van der Waals surface area contributed by atoms with Crippen LogP contribution in [0.4, 0.5) is 0 Å². The van der Waals surface area contributed by atoms with Gasteiger partial charge >= 0.3 is 0 Å². The highest BCUT2D eigenvalue weighted by Gasteiger charge is 2.23. The summed E-state index contributed by atoms with van der Waals surface area (Å²) in [6, 6.07) is 0.535. The van der Waals surface area contributed by atoms with Crippen LogP contribution in [0.2, 0.25) is 0 Å². The summed E-state index contributed by atoms with van der Waals surface area (Å²) in [4.78, 5) is 2.20. The number of ether oxygens (including phenoxy) is 1. The van der Waals surface area contributed by atoms with Crippen molar-refractivity contribution < 1.29 is 4.74 Å². The van der Waals surface area contributed by atoms with Gasteiger partial charge < -0.3 is 15.0 Å². The molecule has 0 aromatic rings. The Morgan fingerprint density at radius 3 is 2.00 bits per heavy atom. The minimum Gasteiger partial charge on any atom is -0.379 e. The molecule has 0 spiro atoms. The van der Waals surface area contributed by atoms with Gasteiger partial charge in [-0.1, -0.05) is 27.7 Å². The standard InChI is InChI=1S/C14H32N2O/c1-12(2)15-9-13(3,4)10-17-11-14(5,6)16(7)8/h12,15H,9-11H2,1-8H3. The van der Waals surface area contributed by atoms with E-state index in [4.69, 9.17) is 4.74 Å². The summed E-state index contributed by atoms with van der Waals surface area (Å²) in [5, 5.41) is 3.47. The first-order valence-corrected chi connectivity index (χ1v) is 6.55. The molecule has 104 valence electrons. The normalized spacial score (nSPS) is 13.8. The van der Waals surface area contributed by atoms with Gasteiger partial charge in [-0.05, 0) is 27.9 Å². The SMILES string of the molecule is CC(C)NCC(C)(C)COCC(C)(C)N(C)C. The lowest BCUT2D eigenvalue weighted by molar-refractivity contribution is 0.000115. The molecule has 3 nitrogen and oxygen atoms in total. The first-order chi connectivity index (χ1) is 7.57. The van der Waals surface area contributed by atoms with Crippen LogP contribution in [0, 0.1) is 5.41 Å². The summed E-state index contributed by atoms with van der Waals surface area (Å²) < 4.78 is 5.88. The Morgan fingerprint density at radius 1 is 1.06 bits per heavy atom. The second-order valence-electron chi connectivity index (χ2n) is 6.90.